The lowest BCUT2D eigenvalue weighted by Gasteiger charge is -2.37. The molecule has 1 aliphatic heterocycles. The summed E-state index contributed by atoms with van der Waals surface area (Å²) in [7, 11) is 0. The molecule has 1 saturated carbocycles. The number of para-hydroxylation sites is 1. The van der Waals surface area contributed by atoms with Crippen molar-refractivity contribution >= 4 is 21.6 Å². The van der Waals surface area contributed by atoms with Crippen LogP contribution in [0.1, 0.15) is 31.2 Å². The Kier molecular flexibility index (Phi) is 2.47. The van der Waals surface area contributed by atoms with Gasteiger partial charge in [-0.15, -0.1) is 0 Å². The average Bonchev–Trinajstić information content (AvgIpc) is 2.65. The van der Waals surface area contributed by atoms with Gasteiger partial charge in [-0.1, -0.05) is 12.1 Å². The molecule has 0 unspecified atom stereocenters. The Balaban J connectivity index is 1.96. The summed E-state index contributed by atoms with van der Waals surface area (Å²) in [6.07, 6.45) is 1.19. The smallest absolute Gasteiger partial charge is 0.248 e. The third-order valence-corrected chi connectivity index (χ3v) is 4.79. The van der Waals surface area contributed by atoms with Crippen molar-refractivity contribution in [3.8, 4) is 0 Å². The summed E-state index contributed by atoms with van der Waals surface area (Å²) in [4.78, 5) is 0. The van der Waals surface area contributed by atoms with E-state index in [0.29, 0.717) is 12.8 Å². The summed E-state index contributed by atoms with van der Waals surface area (Å²) >= 11 is 3.51. The second-order valence-corrected chi connectivity index (χ2v) is 6.01. The summed E-state index contributed by atoms with van der Waals surface area (Å²) in [6.45, 7) is 0.793. The van der Waals surface area contributed by atoms with Crippen LogP contribution in [-0.4, -0.2) is 12.5 Å². The Morgan fingerprint density at radius 2 is 1.82 bits per heavy atom. The largest absolute Gasteiger partial charge is 0.383 e. The Bertz CT molecular complexity index is 449. The molecule has 0 aromatic heterocycles. The van der Waals surface area contributed by atoms with Crippen LogP contribution >= 0.6 is 15.9 Å². The summed E-state index contributed by atoms with van der Waals surface area (Å²) in [5.41, 5.74) is 2.24. The molecule has 0 bridgehead atoms. The molecule has 0 saturated heterocycles. The van der Waals surface area contributed by atoms with Crippen molar-refractivity contribution in [2.75, 3.05) is 11.9 Å². The van der Waals surface area contributed by atoms with Gasteiger partial charge in [0, 0.05) is 29.3 Å². The molecule has 0 radical (unpaired) electrons. The first-order valence-electron chi connectivity index (χ1n) is 5.93. The Morgan fingerprint density at radius 1 is 1.12 bits per heavy atom. The second kappa shape index (κ2) is 3.67. The van der Waals surface area contributed by atoms with Crippen LogP contribution in [0, 0.1) is 0 Å². The zero-order valence-corrected chi connectivity index (χ0v) is 11.0. The summed E-state index contributed by atoms with van der Waals surface area (Å²) in [5.74, 6) is -2.46. The van der Waals surface area contributed by atoms with Gasteiger partial charge in [0.05, 0.1) is 5.69 Å². The molecule has 17 heavy (non-hydrogen) atoms. The Morgan fingerprint density at radius 3 is 2.53 bits per heavy atom. The van der Waals surface area contributed by atoms with Crippen molar-refractivity contribution in [3.05, 3.63) is 28.2 Å². The molecule has 1 fully saturated rings. The first-order chi connectivity index (χ1) is 8.03. The van der Waals surface area contributed by atoms with Gasteiger partial charge in [0.25, 0.3) is 0 Å². The first-order valence-corrected chi connectivity index (χ1v) is 6.73. The van der Waals surface area contributed by atoms with Crippen LogP contribution in [0.3, 0.4) is 0 Å². The molecular formula is C13H14BrF2N. The zero-order valence-electron chi connectivity index (χ0n) is 9.40. The van der Waals surface area contributed by atoms with Crippen molar-refractivity contribution < 1.29 is 8.78 Å². The van der Waals surface area contributed by atoms with Crippen molar-refractivity contribution in [2.24, 2.45) is 0 Å². The maximum atomic E-state index is 13.3. The molecule has 1 aromatic rings. The van der Waals surface area contributed by atoms with Crippen molar-refractivity contribution in [3.63, 3.8) is 0 Å². The van der Waals surface area contributed by atoms with E-state index >= 15 is 0 Å². The van der Waals surface area contributed by atoms with Gasteiger partial charge in [0.1, 0.15) is 0 Å². The van der Waals surface area contributed by atoms with Crippen molar-refractivity contribution in [1.82, 2.24) is 0 Å². The summed E-state index contributed by atoms with van der Waals surface area (Å²) in [5, 5.41) is 3.36. The maximum absolute atomic E-state index is 13.3. The van der Waals surface area contributed by atoms with E-state index in [1.165, 1.54) is 5.56 Å². The Labute approximate surface area is 108 Å². The minimum Gasteiger partial charge on any atom is -0.383 e. The number of nitrogens with one attached hydrogen (secondary N) is 1. The van der Waals surface area contributed by atoms with E-state index in [2.05, 4.69) is 27.3 Å². The molecule has 1 spiro atoms. The lowest BCUT2D eigenvalue weighted by Crippen LogP contribution is -2.37. The van der Waals surface area contributed by atoms with Gasteiger partial charge in [0.2, 0.25) is 5.92 Å². The lowest BCUT2D eigenvalue weighted by molar-refractivity contribution is -0.0496. The number of hydrogen-bond donors (Lipinski definition) is 1. The van der Waals surface area contributed by atoms with Crippen LogP contribution < -0.4 is 5.32 Å². The number of halogens is 3. The van der Waals surface area contributed by atoms with Crippen molar-refractivity contribution in [2.45, 2.75) is 37.0 Å². The van der Waals surface area contributed by atoms with E-state index < -0.39 is 5.92 Å². The molecule has 0 amide bonds. The maximum Gasteiger partial charge on any atom is 0.248 e. The highest BCUT2D eigenvalue weighted by Gasteiger charge is 2.47. The number of alkyl halides is 2. The van der Waals surface area contributed by atoms with Gasteiger partial charge in [-0.05, 0) is 40.4 Å². The fourth-order valence-electron chi connectivity index (χ4n) is 3.04. The van der Waals surface area contributed by atoms with Gasteiger partial charge >= 0.3 is 0 Å². The zero-order chi connectivity index (χ0) is 12.1. The molecule has 2 aliphatic rings. The third kappa shape index (κ3) is 1.77. The number of hydrogen-bond acceptors (Lipinski definition) is 1. The minimum absolute atomic E-state index is 0.0145. The predicted molar refractivity (Wildman–Crippen MR) is 67.7 cm³/mol. The molecule has 1 aromatic carbocycles. The molecule has 1 aliphatic carbocycles. The number of rotatable bonds is 0. The van der Waals surface area contributed by atoms with Gasteiger partial charge in [-0.3, -0.25) is 0 Å². The molecule has 1 heterocycles. The van der Waals surface area contributed by atoms with Gasteiger partial charge in [-0.2, -0.15) is 0 Å². The molecule has 3 rings (SSSR count). The molecular weight excluding hydrogens is 288 g/mol. The van der Waals surface area contributed by atoms with Crippen LogP contribution in [0.5, 0.6) is 0 Å². The highest BCUT2D eigenvalue weighted by molar-refractivity contribution is 9.10. The summed E-state index contributed by atoms with van der Waals surface area (Å²) < 4.78 is 27.6. The van der Waals surface area contributed by atoms with E-state index in [0.717, 1.165) is 16.7 Å². The highest BCUT2D eigenvalue weighted by atomic mass is 79.9. The van der Waals surface area contributed by atoms with Crippen LogP contribution in [0.15, 0.2) is 22.7 Å². The average molecular weight is 302 g/mol. The van der Waals surface area contributed by atoms with E-state index in [1.807, 2.05) is 12.1 Å². The highest BCUT2D eigenvalue weighted by Crippen LogP contribution is 2.51. The van der Waals surface area contributed by atoms with Crippen LogP contribution in [0.25, 0.3) is 0 Å². The summed E-state index contributed by atoms with van der Waals surface area (Å²) in [6, 6.07) is 6.05. The van der Waals surface area contributed by atoms with Crippen molar-refractivity contribution in [1.29, 1.82) is 0 Å². The molecule has 1 N–H and O–H groups in total. The molecule has 1 nitrogen and oxygen atoms in total. The van der Waals surface area contributed by atoms with Gasteiger partial charge < -0.3 is 5.32 Å². The SMILES string of the molecule is FC1(F)CCC2(CC1)CNc1c(Br)cccc12. The van der Waals surface area contributed by atoms with E-state index in [-0.39, 0.29) is 18.3 Å². The topological polar surface area (TPSA) is 12.0 Å². The second-order valence-electron chi connectivity index (χ2n) is 5.15. The standard InChI is InChI=1S/C13H14BrF2N/c14-10-3-1-2-9-11(10)17-8-12(9)4-6-13(15,16)7-5-12/h1-3,17H,4-8H2. The molecule has 4 heteroatoms. The van der Waals surface area contributed by atoms with Gasteiger partial charge in [-0.25, -0.2) is 8.78 Å². The number of benzene rings is 1. The molecule has 92 valence electrons. The van der Waals surface area contributed by atoms with Crippen LogP contribution in [0.2, 0.25) is 0 Å². The van der Waals surface area contributed by atoms with E-state index in [9.17, 15) is 8.78 Å². The number of anilines is 1. The normalized spacial score (nSPS) is 24.4. The molecule has 0 atom stereocenters. The van der Waals surface area contributed by atoms with E-state index in [1.54, 1.807) is 0 Å². The minimum atomic E-state index is -2.46. The quantitative estimate of drug-likeness (QED) is 0.752. The van der Waals surface area contributed by atoms with E-state index in [4.69, 9.17) is 0 Å². The fraction of sp³-hybridized carbons (Fsp3) is 0.538. The van der Waals surface area contributed by atoms with Crippen LogP contribution in [-0.2, 0) is 5.41 Å². The third-order valence-electron chi connectivity index (χ3n) is 4.13. The lowest BCUT2D eigenvalue weighted by atomic mass is 9.70. The van der Waals surface area contributed by atoms with Gasteiger partial charge in [0.15, 0.2) is 0 Å². The Hall–Kier alpha value is -0.640. The first kappa shape index (κ1) is 11.5. The predicted octanol–water partition coefficient (Wildman–Crippen LogP) is 4.32. The van der Waals surface area contributed by atoms with Crippen LogP contribution in [0.4, 0.5) is 14.5 Å². The number of fused-ring (bicyclic) bond motifs is 2. The fourth-order valence-corrected chi connectivity index (χ4v) is 3.55. The monoisotopic (exact) mass is 301 g/mol.